The van der Waals surface area contributed by atoms with Crippen molar-refractivity contribution in [1.82, 2.24) is 4.90 Å². The van der Waals surface area contributed by atoms with Gasteiger partial charge in [-0.05, 0) is 51.9 Å². The van der Waals surface area contributed by atoms with Crippen LogP contribution in [0.25, 0.3) is 0 Å². The molecule has 0 spiro atoms. The van der Waals surface area contributed by atoms with E-state index in [0.29, 0.717) is 0 Å². The van der Waals surface area contributed by atoms with Crippen molar-refractivity contribution in [1.29, 1.82) is 0 Å². The lowest BCUT2D eigenvalue weighted by Crippen LogP contribution is -2.43. The van der Waals surface area contributed by atoms with Crippen LogP contribution in [0.1, 0.15) is 30.5 Å². The molecule has 0 aliphatic heterocycles. The molecule has 1 rings (SSSR count). The zero-order valence-corrected chi connectivity index (χ0v) is 12.4. The van der Waals surface area contributed by atoms with Crippen LogP contribution in [0.15, 0.2) is 12.1 Å². The van der Waals surface area contributed by atoms with Crippen LogP contribution in [0, 0.1) is 13.8 Å². The third kappa shape index (κ3) is 3.24. The van der Waals surface area contributed by atoms with Crippen molar-refractivity contribution in [3.63, 3.8) is 0 Å². The zero-order chi connectivity index (χ0) is 13.9. The highest BCUT2D eigenvalue weighted by Crippen LogP contribution is 2.26. The molecule has 3 nitrogen and oxygen atoms in total. The molecular formula is C15H25NO2. The van der Waals surface area contributed by atoms with Gasteiger partial charge in [0.1, 0.15) is 5.75 Å². The molecule has 0 aliphatic carbocycles. The number of hydrogen-bond donors (Lipinski definition) is 1. The number of methoxy groups -OCH3 is 1. The molecule has 0 aromatic heterocycles. The van der Waals surface area contributed by atoms with Crippen molar-refractivity contribution >= 4 is 0 Å². The first-order chi connectivity index (χ1) is 8.31. The van der Waals surface area contributed by atoms with Crippen molar-refractivity contribution in [2.24, 2.45) is 0 Å². The topological polar surface area (TPSA) is 32.7 Å². The molecule has 18 heavy (non-hydrogen) atoms. The molecule has 1 N–H and O–H groups in total. The quantitative estimate of drug-likeness (QED) is 0.873. The maximum Gasteiger partial charge on any atom is 0.123 e. The lowest BCUT2D eigenvalue weighted by Gasteiger charge is -2.34. The molecule has 0 saturated heterocycles. The van der Waals surface area contributed by atoms with E-state index in [4.69, 9.17) is 4.74 Å². The van der Waals surface area contributed by atoms with Gasteiger partial charge in [0.05, 0.1) is 13.7 Å². The minimum absolute atomic E-state index is 0.136. The van der Waals surface area contributed by atoms with Gasteiger partial charge in [-0.2, -0.15) is 0 Å². The Hall–Kier alpha value is -1.06. The number of aliphatic hydroxyl groups is 1. The molecule has 102 valence electrons. The SMILES string of the molecule is COc1cc(C)c(C)cc1CN(C)C(C)(C)CO. The average molecular weight is 251 g/mol. The standard InChI is InChI=1S/C15H25NO2/c1-11-7-13(14(18-6)8-12(11)2)9-16(5)15(3,4)10-17/h7-8,17H,9-10H2,1-6H3. The molecule has 0 radical (unpaired) electrons. The monoisotopic (exact) mass is 251 g/mol. The van der Waals surface area contributed by atoms with Crippen LogP contribution in [0.2, 0.25) is 0 Å². The molecule has 0 amide bonds. The summed E-state index contributed by atoms with van der Waals surface area (Å²) in [5.41, 5.74) is 3.43. The number of likely N-dealkylation sites (N-methyl/N-ethyl adjacent to an activating group) is 1. The fraction of sp³-hybridized carbons (Fsp3) is 0.600. The Bertz CT molecular complexity index is 413. The second-order valence-corrected chi connectivity index (χ2v) is 5.57. The van der Waals surface area contributed by atoms with Crippen molar-refractivity contribution in [2.45, 2.75) is 39.8 Å². The molecule has 1 aromatic rings. The van der Waals surface area contributed by atoms with Gasteiger partial charge in [-0.3, -0.25) is 4.90 Å². The first-order valence-corrected chi connectivity index (χ1v) is 6.28. The number of hydrogen-bond acceptors (Lipinski definition) is 3. The Labute approximate surface area is 110 Å². The number of rotatable bonds is 5. The summed E-state index contributed by atoms with van der Waals surface area (Å²) >= 11 is 0. The second-order valence-electron chi connectivity index (χ2n) is 5.57. The van der Waals surface area contributed by atoms with Crippen LogP contribution in [0.3, 0.4) is 0 Å². The van der Waals surface area contributed by atoms with Gasteiger partial charge >= 0.3 is 0 Å². The molecule has 0 atom stereocenters. The summed E-state index contributed by atoms with van der Waals surface area (Å²) in [7, 11) is 3.72. The number of ether oxygens (including phenoxy) is 1. The van der Waals surface area contributed by atoms with Crippen LogP contribution in [-0.2, 0) is 6.54 Å². The van der Waals surface area contributed by atoms with E-state index in [1.807, 2.05) is 20.9 Å². The van der Waals surface area contributed by atoms with E-state index < -0.39 is 0 Å². The van der Waals surface area contributed by atoms with Crippen LogP contribution in [-0.4, -0.2) is 36.3 Å². The van der Waals surface area contributed by atoms with Gasteiger partial charge in [-0.1, -0.05) is 6.07 Å². The molecule has 0 aliphatic rings. The van der Waals surface area contributed by atoms with Gasteiger partial charge < -0.3 is 9.84 Å². The fourth-order valence-corrected chi connectivity index (χ4v) is 1.75. The summed E-state index contributed by atoms with van der Waals surface area (Å²) < 4.78 is 5.44. The minimum Gasteiger partial charge on any atom is -0.496 e. The normalized spacial score (nSPS) is 12.0. The van der Waals surface area contributed by atoms with Gasteiger partial charge in [-0.25, -0.2) is 0 Å². The van der Waals surface area contributed by atoms with Crippen LogP contribution >= 0.6 is 0 Å². The first kappa shape index (κ1) is 15.0. The fourth-order valence-electron chi connectivity index (χ4n) is 1.75. The molecule has 0 saturated carbocycles. The zero-order valence-electron chi connectivity index (χ0n) is 12.4. The van der Waals surface area contributed by atoms with Crippen molar-refractivity contribution < 1.29 is 9.84 Å². The largest absolute Gasteiger partial charge is 0.496 e. The lowest BCUT2D eigenvalue weighted by atomic mass is 10.0. The number of aryl methyl sites for hydroxylation is 2. The van der Waals surface area contributed by atoms with E-state index in [-0.39, 0.29) is 12.1 Å². The molecule has 1 aromatic carbocycles. The molecular weight excluding hydrogens is 226 g/mol. The van der Waals surface area contributed by atoms with E-state index in [1.54, 1.807) is 7.11 Å². The van der Waals surface area contributed by atoms with Crippen molar-refractivity contribution in [2.75, 3.05) is 20.8 Å². The predicted octanol–water partition coefficient (Wildman–Crippen LogP) is 2.51. The maximum absolute atomic E-state index is 9.39. The maximum atomic E-state index is 9.39. The molecule has 0 fully saturated rings. The van der Waals surface area contributed by atoms with Gasteiger partial charge in [0.25, 0.3) is 0 Å². The van der Waals surface area contributed by atoms with E-state index in [0.717, 1.165) is 17.9 Å². The summed E-state index contributed by atoms with van der Waals surface area (Å²) in [4.78, 5) is 2.14. The van der Waals surface area contributed by atoms with Gasteiger partial charge in [-0.15, -0.1) is 0 Å². The van der Waals surface area contributed by atoms with Crippen LogP contribution in [0.5, 0.6) is 5.75 Å². The predicted molar refractivity (Wildman–Crippen MR) is 75.1 cm³/mol. The third-order valence-electron chi connectivity index (χ3n) is 3.72. The van der Waals surface area contributed by atoms with E-state index in [2.05, 4.69) is 30.9 Å². The lowest BCUT2D eigenvalue weighted by molar-refractivity contribution is 0.0728. The minimum atomic E-state index is -0.232. The van der Waals surface area contributed by atoms with Crippen molar-refractivity contribution in [3.05, 3.63) is 28.8 Å². The second kappa shape index (κ2) is 5.72. The molecule has 0 heterocycles. The molecule has 0 unspecified atom stereocenters. The summed E-state index contributed by atoms with van der Waals surface area (Å²) in [6.07, 6.45) is 0. The van der Waals surface area contributed by atoms with E-state index >= 15 is 0 Å². The van der Waals surface area contributed by atoms with E-state index in [9.17, 15) is 5.11 Å². The number of aliphatic hydroxyl groups excluding tert-OH is 1. The van der Waals surface area contributed by atoms with Crippen molar-refractivity contribution in [3.8, 4) is 5.75 Å². The van der Waals surface area contributed by atoms with Gasteiger partial charge in [0.15, 0.2) is 0 Å². The first-order valence-electron chi connectivity index (χ1n) is 6.28. The van der Waals surface area contributed by atoms with Crippen LogP contribution < -0.4 is 4.74 Å². The average Bonchev–Trinajstić information content (AvgIpc) is 2.33. The Morgan fingerprint density at radius 3 is 2.28 bits per heavy atom. The molecule has 0 bridgehead atoms. The van der Waals surface area contributed by atoms with E-state index in [1.165, 1.54) is 11.1 Å². The highest BCUT2D eigenvalue weighted by Gasteiger charge is 2.23. The Balaban J connectivity index is 3.00. The van der Waals surface area contributed by atoms with Gasteiger partial charge in [0.2, 0.25) is 0 Å². The highest BCUT2D eigenvalue weighted by molar-refractivity contribution is 5.41. The summed E-state index contributed by atoms with van der Waals surface area (Å²) in [6, 6.07) is 4.24. The number of nitrogens with zero attached hydrogens (tertiary/aromatic N) is 1. The smallest absolute Gasteiger partial charge is 0.123 e. The Morgan fingerprint density at radius 2 is 1.78 bits per heavy atom. The summed E-state index contributed by atoms with van der Waals surface area (Å²) in [5.74, 6) is 0.915. The Morgan fingerprint density at radius 1 is 1.22 bits per heavy atom. The van der Waals surface area contributed by atoms with Crippen LogP contribution in [0.4, 0.5) is 0 Å². The summed E-state index contributed by atoms with van der Waals surface area (Å²) in [5, 5.41) is 9.39. The summed E-state index contributed by atoms with van der Waals surface area (Å²) in [6.45, 7) is 9.15. The number of benzene rings is 1. The Kier molecular flexibility index (Phi) is 4.77. The molecule has 3 heteroatoms. The van der Waals surface area contributed by atoms with Gasteiger partial charge in [0, 0.05) is 17.6 Å². The highest BCUT2D eigenvalue weighted by atomic mass is 16.5. The third-order valence-corrected chi connectivity index (χ3v) is 3.72.